The molecule has 1 aromatic carbocycles. The molecule has 1 fully saturated rings. The minimum atomic E-state index is 0.111. The monoisotopic (exact) mass is 289 g/mol. The van der Waals surface area contributed by atoms with Crippen LogP contribution in [-0.4, -0.2) is 35.6 Å². The van der Waals surface area contributed by atoms with Crippen LogP contribution in [0.25, 0.3) is 0 Å². The highest BCUT2D eigenvalue weighted by Gasteiger charge is 2.25. The van der Waals surface area contributed by atoms with Crippen molar-refractivity contribution in [2.75, 3.05) is 19.7 Å². The maximum atomic E-state index is 12.4. The first kappa shape index (κ1) is 16.0. The van der Waals surface area contributed by atoms with Gasteiger partial charge in [-0.3, -0.25) is 4.79 Å². The van der Waals surface area contributed by atoms with Gasteiger partial charge in [-0.25, -0.2) is 0 Å². The lowest BCUT2D eigenvalue weighted by molar-refractivity contribution is -0.136. The van der Waals surface area contributed by atoms with E-state index in [1.165, 1.54) is 5.56 Å². The van der Waals surface area contributed by atoms with Gasteiger partial charge in [-0.1, -0.05) is 37.3 Å². The minimum Gasteiger partial charge on any atom is -0.396 e. The number of aryl methyl sites for hydroxylation is 1. The molecular weight excluding hydrogens is 262 g/mol. The molecule has 0 radical (unpaired) electrons. The van der Waals surface area contributed by atoms with Gasteiger partial charge in [0.1, 0.15) is 0 Å². The van der Waals surface area contributed by atoms with Crippen LogP contribution in [0.5, 0.6) is 0 Å². The molecule has 1 heterocycles. The highest BCUT2D eigenvalue weighted by Crippen LogP contribution is 2.20. The predicted octanol–water partition coefficient (Wildman–Crippen LogP) is 2.88. The van der Waals surface area contributed by atoms with Gasteiger partial charge in [0, 0.05) is 25.6 Å². The number of nitrogens with zero attached hydrogens (tertiary/aromatic N) is 1. The molecule has 0 saturated carbocycles. The third-order valence-corrected chi connectivity index (χ3v) is 4.55. The standard InChI is InChI=1S/C18H27NO2/c1-15(6-5-9-16-7-3-2-4-8-16)18(21)19-12-10-17(14-20)11-13-19/h2-4,7-8,15,17,20H,5-6,9-14H2,1H3. The van der Waals surface area contributed by atoms with Gasteiger partial charge in [-0.15, -0.1) is 0 Å². The van der Waals surface area contributed by atoms with Gasteiger partial charge >= 0.3 is 0 Å². The van der Waals surface area contributed by atoms with Crippen molar-refractivity contribution in [2.45, 2.75) is 39.0 Å². The lowest BCUT2D eigenvalue weighted by Crippen LogP contribution is -2.41. The first-order valence-electron chi connectivity index (χ1n) is 8.14. The van der Waals surface area contributed by atoms with Crippen LogP contribution >= 0.6 is 0 Å². The van der Waals surface area contributed by atoms with Crippen LogP contribution in [0.3, 0.4) is 0 Å². The normalized spacial score (nSPS) is 17.7. The molecule has 116 valence electrons. The van der Waals surface area contributed by atoms with E-state index in [1.807, 2.05) is 17.9 Å². The third-order valence-electron chi connectivity index (χ3n) is 4.55. The van der Waals surface area contributed by atoms with Crippen LogP contribution in [0.4, 0.5) is 0 Å². The summed E-state index contributed by atoms with van der Waals surface area (Å²) in [6, 6.07) is 10.5. The van der Waals surface area contributed by atoms with E-state index in [2.05, 4.69) is 24.3 Å². The van der Waals surface area contributed by atoms with Crippen molar-refractivity contribution in [3.63, 3.8) is 0 Å². The van der Waals surface area contributed by atoms with Crippen molar-refractivity contribution in [3.05, 3.63) is 35.9 Å². The SMILES string of the molecule is CC(CCCc1ccccc1)C(=O)N1CCC(CO)CC1. The molecular formula is C18H27NO2. The Hall–Kier alpha value is -1.35. The summed E-state index contributed by atoms with van der Waals surface area (Å²) in [5.74, 6) is 0.793. The topological polar surface area (TPSA) is 40.5 Å². The van der Waals surface area contributed by atoms with Gasteiger partial charge in [0.25, 0.3) is 0 Å². The Kier molecular flexibility index (Phi) is 6.24. The summed E-state index contributed by atoms with van der Waals surface area (Å²) in [7, 11) is 0. The van der Waals surface area contributed by atoms with Gasteiger partial charge < -0.3 is 10.0 Å². The summed E-state index contributed by atoms with van der Waals surface area (Å²) < 4.78 is 0. The molecule has 2 rings (SSSR count). The molecule has 1 aromatic rings. The Morgan fingerprint density at radius 2 is 1.95 bits per heavy atom. The predicted molar refractivity (Wildman–Crippen MR) is 84.9 cm³/mol. The van der Waals surface area contributed by atoms with E-state index in [9.17, 15) is 4.79 Å². The maximum Gasteiger partial charge on any atom is 0.225 e. The Morgan fingerprint density at radius 1 is 1.29 bits per heavy atom. The number of aliphatic hydroxyl groups excluding tert-OH is 1. The molecule has 1 unspecified atom stereocenters. The number of carbonyl (C=O) groups excluding carboxylic acids is 1. The van der Waals surface area contributed by atoms with Crippen LogP contribution < -0.4 is 0 Å². The average Bonchev–Trinajstić information content (AvgIpc) is 2.55. The molecule has 3 heteroatoms. The third kappa shape index (κ3) is 4.85. The molecule has 3 nitrogen and oxygen atoms in total. The molecule has 1 atom stereocenters. The number of carbonyl (C=O) groups is 1. The van der Waals surface area contributed by atoms with Gasteiger partial charge in [0.15, 0.2) is 0 Å². The van der Waals surface area contributed by atoms with E-state index in [0.29, 0.717) is 11.8 Å². The Labute approximate surface area is 128 Å². The zero-order valence-electron chi connectivity index (χ0n) is 13.0. The van der Waals surface area contributed by atoms with E-state index >= 15 is 0 Å². The van der Waals surface area contributed by atoms with Crippen LogP contribution in [0, 0.1) is 11.8 Å². The number of hydrogen-bond acceptors (Lipinski definition) is 2. The molecule has 1 N–H and O–H groups in total. The van der Waals surface area contributed by atoms with Crippen LogP contribution in [0.2, 0.25) is 0 Å². The molecule has 0 aromatic heterocycles. The Balaban J connectivity index is 1.70. The fourth-order valence-electron chi connectivity index (χ4n) is 3.03. The zero-order valence-corrected chi connectivity index (χ0v) is 13.0. The van der Waals surface area contributed by atoms with Crippen molar-refractivity contribution in [1.29, 1.82) is 0 Å². The molecule has 0 spiro atoms. The second kappa shape index (κ2) is 8.18. The number of benzene rings is 1. The minimum absolute atomic E-state index is 0.111. The van der Waals surface area contributed by atoms with Crippen molar-refractivity contribution in [3.8, 4) is 0 Å². The van der Waals surface area contributed by atoms with Crippen LogP contribution in [0.1, 0.15) is 38.2 Å². The molecule has 1 aliphatic heterocycles. The first-order valence-corrected chi connectivity index (χ1v) is 8.14. The van der Waals surface area contributed by atoms with Gasteiger partial charge in [-0.2, -0.15) is 0 Å². The second-order valence-corrected chi connectivity index (χ2v) is 6.23. The van der Waals surface area contributed by atoms with Crippen LogP contribution in [-0.2, 0) is 11.2 Å². The lowest BCUT2D eigenvalue weighted by atomic mass is 9.95. The van der Waals surface area contributed by atoms with E-state index in [1.54, 1.807) is 0 Å². The molecule has 1 aliphatic rings. The molecule has 1 amide bonds. The molecule has 1 saturated heterocycles. The zero-order chi connectivity index (χ0) is 15.1. The van der Waals surface area contributed by atoms with E-state index < -0.39 is 0 Å². The van der Waals surface area contributed by atoms with E-state index in [0.717, 1.165) is 45.2 Å². The maximum absolute atomic E-state index is 12.4. The fraction of sp³-hybridized carbons (Fsp3) is 0.611. The number of aliphatic hydroxyl groups is 1. The number of rotatable bonds is 6. The van der Waals surface area contributed by atoms with Crippen molar-refractivity contribution >= 4 is 5.91 Å². The van der Waals surface area contributed by atoms with Gasteiger partial charge in [0.05, 0.1) is 0 Å². The molecule has 0 aliphatic carbocycles. The summed E-state index contributed by atoms with van der Waals surface area (Å²) >= 11 is 0. The fourth-order valence-corrected chi connectivity index (χ4v) is 3.03. The van der Waals surface area contributed by atoms with E-state index in [4.69, 9.17) is 5.11 Å². The molecule has 21 heavy (non-hydrogen) atoms. The quantitative estimate of drug-likeness (QED) is 0.875. The van der Waals surface area contributed by atoms with Crippen molar-refractivity contribution in [2.24, 2.45) is 11.8 Å². The highest BCUT2D eigenvalue weighted by atomic mass is 16.3. The second-order valence-electron chi connectivity index (χ2n) is 6.23. The summed E-state index contributed by atoms with van der Waals surface area (Å²) in [5.41, 5.74) is 1.35. The largest absolute Gasteiger partial charge is 0.396 e. The summed E-state index contributed by atoms with van der Waals surface area (Å²) in [6.07, 6.45) is 4.95. The number of amides is 1. The van der Waals surface area contributed by atoms with Crippen molar-refractivity contribution < 1.29 is 9.90 Å². The van der Waals surface area contributed by atoms with Gasteiger partial charge in [0.2, 0.25) is 5.91 Å². The summed E-state index contributed by atoms with van der Waals surface area (Å²) in [5, 5.41) is 9.15. The summed E-state index contributed by atoms with van der Waals surface area (Å²) in [4.78, 5) is 14.4. The van der Waals surface area contributed by atoms with Crippen LogP contribution in [0.15, 0.2) is 30.3 Å². The number of piperidine rings is 1. The highest BCUT2D eigenvalue weighted by molar-refractivity contribution is 5.78. The number of hydrogen-bond donors (Lipinski definition) is 1. The van der Waals surface area contributed by atoms with Gasteiger partial charge in [-0.05, 0) is 43.6 Å². The average molecular weight is 289 g/mol. The summed E-state index contributed by atoms with van der Waals surface area (Å²) in [6.45, 7) is 3.93. The Morgan fingerprint density at radius 3 is 2.57 bits per heavy atom. The Bertz CT molecular complexity index is 424. The molecule has 0 bridgehead atoms. The van der Waals surface area contributed by atoms with E-state index in [-0.39, 0.29) is 12.5 Å². The lowest BCUT2D eigenvalue weighted by Gasteiger charge is -2.33. The smallest absolute Gasteiger partial charge is 0.225 e. The number of likely N-dealkylation sites (tertiary alicyclic amines) is 1. The first-order chi connectivity index (χ1) is 10.2. The van der Waals surface area contributed by atoms with Crippen molar-refractivity contribution in [1.82, 2.24) is 4.90 Å².